The van der Waals surface area contributed by atoms with Gasteiger partial charge in [-0.1, -0.05) is 72.0 Å². The van der Waals surface area contributed by atoms with Gasteiger partial charge in [0, 0.05) is 5.56 Å². The summed E-state index contributed by atoms with van der Waals surface area (Å²) in [7, 11) is 1.60. The monoisotopic (exact) mass is 484 g/mol. The lowest BCUT2D eigenvalue weighted by Gasteiger charge is -2.25. The Labute approximate surface area is 206 Å². The number of hydrogen-bond donors (Lipinski definition) is 0. The van der Waals surface area contributed by atoms with Gasteiger partial charge in [-0.05, 0) is 42.3 Å². The van der Waals surface area contributed by atoms with Crippen LogP contribution in [0.1, 0.15) is 31.0 Å². The fourth-order valence-electron chi connectivity index (χ4n) is 4.50. The van der Waals surface area contributed by atoms with Crippen LogP contribution in [0, 0.1) is 0 Å². The lowest BCUT2D eigenvalue weighted by Crippen LogP contribution is -2.40. The molecule has 0 N–H and O–H groups in total. The van der Waals surface area contributed by atoms with Crippen LogP contribution >= 0.6 is 11.3 Å². The van der Waals surface area contributed by atoms with Gasteiger partial charge in [0.05, 0.1) is 35.6 Å². The maximum Gasteiger partial charge on any atom is 0.338 e. The molecule has 0 saturated heterocycles. The summed E-state index contributed by atoms with van der Waals surface area (Å²) in [4.78, 5) is 32.2. The van der Waals surface area contributed by atoms with Crippen molar-refractivity contribution in [1.82, 2.24) is 4.57 Å². The van der Waals surface area contributed by atoms with Crippen molar-refractivity contribution in [2.75, 3.05) is 13.7 Å². The Morgan fingerprint density at radius 1 is 1.09 bits per heavy atom. The van der Waals surface area contributed by atoms with E-state index in [0.29, 0.717) is 26.4 Å². The fourth-order valence-corrected chi connectivity index (χ4v) is 5.54. The molecular weight excluding hydrogens is 460 g/mol. The Bertz CT molecular complexity index is 1660. The van der Waals surface area contributed by atoms with Crippen molar-refractivity contribution in [3.63, 3.8) is 0 Å². The molecule has 176 valence electrons. The van der Waals surface area contributed by atoms with E-state index in [-0.39, 0.29) is 12.2 Å². The van der Waals surface area contributed by atoms with Gasteiger partial charge in [0.2, 0.25) is 0 Å². The molecule has 6 nitrogen and oxygen atoms in total. The van der Waals surface area contributed by atoms with Gasteiger partial charge in [0.15, 0.2) is 4.80 Å². The minimum atomic E-state index is -0.656. The first-order valence-corrected chi connectivity index (χ1v) is 12.2. The number of thiazole rings is 1. The normalized spacial score (nSPS) is 15.6. The van der Waals surface area contributed by atoms with Crippen molar-refractivity contribution in [3.8, 4) is 5.75 Å². The summed E-state index contributed by atoms with van der Waals surface area (Å²) in [6.45, 7) is 3.79. The van der Waals surface area contributed by atoms with Crippen LogP contribution in [0.4, 0.5) is 0 Å². The quantitative estimate of drug-likeness (QED) is 0.402. The number of nitrogens with zero attached hydrogens (tertiary/aromatic N) is 2. The van der Waals surface area contributed by atoms with Crippen LogP contribution in [0.25, 0.3) is 16.8 Å². The van der Waals surface area contributed by atoms with Crippen LogP contribution in [0.3, 0.4) is 0 Å². The molecule has 0 amide bonds. The van der Waals surface area contributed by atoms with E-state index in [2.05, 4.69) is 4.99 Å². The maximum absolute atomic E-state index is 13.8. The number of carbonyl (C=O) groups excluding carboxylic acids is 1. The molecule has 0 bridgehead atoms. The van der Waals surface area contributed by atoms with Crippen molar-refractivity contribution in [2.24, 2.45) is 4.99 Å². The molecule has 1 aromatic heterocycles. The number of ether oxygens (including phenoxy) is 2. The summed E-state index contributed by atoms with van der Waals surface area (Å²) in [5.74, 6) is 0.207. The van der Waals surface area contributed by atoms with Gasteiger partial charge >= 0.3 is 5.97 Å². The number of esters is 1. The van der Waals surface area contributed by atoms with Crippen LogP contribution < -0.4 is 19.6 Å². The average molecular weight is 485 g/mol. The highest BCUT2D eigenvalue weighted by atomic mass is 32.1. The number of para-hydroxylation sites is 1. The highest BCUT2D eigenvalue weighted by Crippen LogP contribution is 2.34. The van der Waals surface area contributed by atoms with E-state index in [9.17, 15) is 9.59 Å². The molecule has 0 spiro atoms. The molecule has 1 unspecified atom stereocenters. The SMILES string of the molecule is CCOC(=O)C1=C(C)N=c2sc(=Cc3ccccc3OC)c(=O)n2C1c1cccc2ccccc12. The topological polar surface area (TPSA) is 69.9 Å². The Morgan fingerprint density at radius 3 is 2.63 bits per heavy atom. The standard InChI is InChI=1S/C28H24N2O4S/c1-4-34-27(32)24-17(2)29-28-30(25(24)21-14-9-12-18-10-5-7-13-20(18)21)26(31)23(35-28)16-19-11-6-8-15-22(19)33-3/h5-16,25H,4H2,1-3H3. The minimum Gasteiger partial charge on any atom is -0.496 e. The van der Waals surface area contributed by atoms with Crippen molar-refractivity contribution >= 4 is 34.2 Å². The van der Waals surface area contributed by atoms with Crippen molar-refractivity contribution in [3.05, 3.63) is 109 Å². The predicted octanol–water partition coefficient (Wildman–Crippen LogP) is 3.96. The number of fused-ring (bicyclic) bond motifs is 2. The molecule has 2 heterocycles. The van der Waals surface area contributed by atoms with E-state index in [0.717, 1.165) is 21.9 Å². The first-order valence-electron chi connectivity index (χ1n) is 11.3. The largest absolute Gasteiger partial charge is 0.496 e. The van der Waals surface area contributed by atoms with Gasteiger partial charge < -0.3 is 9.47 Å². The molecular formula is C28H24N2O4S. The van der Waals surface area contributed by atoms with E-state index >= 15 is 0 Å². The zero-order valence-corrected chi connectivity index (χ0v) is 20.5. The van der Waals surface area contributed by atoms with Gasteiger partial charge in [-0.3, -0.25) is 9.36 Å². The van der Waals surface area contributed by atoms with E-state index < -0.39 is 12.0 Å². The Balaban J connectivity index is 1.81. The first kappa shape index (κ1) is 22.8. The molecule has 7 heteroatoms. The number of benzene rings is 3. The second kappa shape index (κ2) is 9.35. The maximum atomic E-state index is 13.8. The smallest absolute Gasteiger partial charge is 0.338 e. The number of allylic oxidation sites excluding steroid dienone is 1. The first-order chi connectivity index (χ1) is 17.0. The van der Waals surface area contributed by atoms with Crippen LogP contribution in [0.2, 0.25) is 0 Å². The molecule has 5 rings (SSSR count). The van der Waals surface area contributed by atoms with Crippen molar-refractivity contribution in [1.29, 1.82) is 0 Å². The molecule has 0 radical (unpaired) electrons. The van der Waals surface area contributed by atoms with Crippen LogP contribution in [0.15, 0.2) is 87.8 Å². The molecule has 1 aliphatic rings. The van der Waals surface area contributed by atoms with E-state index in [1.165, 1.54) is 11.3 Å². The summed E-state index contributed by atoms with van der Waals surface area (Å²) in [5.41, 5.74) is 2.35. The third-order valence-electron chi connectivity index (χ3n) is 6.06. The highest BCUT2D eigenvalue weighted by Gasteiger charge is 2.34. The van der Waals surface area contributed by atoms with Gasteiger partial charge in [0.25, 0.3) is 5.56 Å². The molecule has 3 aromatic carbocycles. The number of rotatable bonds is 5. The fraction of sp³-hybridized carbons (Fsp3) is 0.179. The van der Waals surface area contributed by atoms with Gasteiger partial charge in [-0.15, -0.1) is 0 Å². The van der Waals surface area contributed by atoms with Crippen LogP contribution in [-0.4, -0.2) is 24.3 Å². The zero-order valence-electron chi connectivity index (χ0n) is 19.6. The highest BCUT2D eigenvalue weighted by molar-refractivity contribution is 7.07. The summed E-state index contributed by atoms with van der Waals surface area (Å²) < 4.78 is 13.0. The summed E-state index contributed by atoms with van der Waals surface area (Å²) in [6.07, 6.45) is 1.81. The molecule has 1 atom stereocenters. The number of methoxy groups -OCH3 is 1. The Morgan fingerprint density at radius 2 is 1.83 bits per heavy atom. The third-order valence-corrected chi connectivity index (χ3v) is 7.04. The molecule has 0 saturated carbocycles. The third kappa shape index (κ3) is 3.98. The van der Waals surface area contributed by atoms with Crippen molar-refractivity contribution in [2.45, 2.75) is 19.9 Å². The van der Waals surface area contributed by atoms with Gasteiger partial charge in [0.1, 0.15) is 5.75 Å². The molecule has 1 aliphatic heterocycles. The van der Waals surface area contributed by atoms with Crippen LogP contribution in [0.5, 0.6) is 5.75 Å². The molecule has 0 aliphatic carbocycles. The second-order valence-corrected chi connectivity index (χ2v) is 9.12. The van der Waals surface area contributed by atoms with Crippen LogP contribution in [-0.2, 0) is 9.53 Å². The number of carbonyl (C=O) groups is 1. The predicted molar refractivity (Wildman–Crippen MR) is 137 cm³/mol. The van der Waals surface area contributed by atoms with Gasteiger partial charge in [-0.2, -0.15) is 0 Å². The summed E-state index contributed by atoms with van der Waals surface area (Å²) in [5, 5.41) is 2.00. The van der Waals surface area contributed by atoms with E-state index in [1.54, 1.807) is 25.5 Å². The molecule has 35 heavy (non-hydrogen) atoms. The van der Waals surface area contributed by atoms with E-state index in [1.807, 2.05) is 72.8 Å². The Hall–Kier alpha value is -3.97. The van der Waals surface area contributed by atoms with Gasteiger partial charge in [-0.25, -0.2) is 9.79 Å². The second-order valence-electron chi connectivity index (χ2n) is 8.11. The molecule has 4 aromatic rings. The van der Waals surface area contributed by atoms with E-state index in [4.69, 9.17) is 9.47 Å². The lowest BCUT2D eigenvalue weighted by atomic mass is 9.91. The van der Waals surface area contributed by atoms with Crippen molar-refractivity contribution < 1.29 is 14.3 Å². The lowest BCUT2D eigenvalue weighted by molar-refractivity contribution is -0.139. The minimum absolute atomic E-state index is 0.216. The molecule has 0 fully saturated rings. The number of hydrogen-bond acceptors (Lipinski definition) is 6. The zero-order chi connectivity index (χ0) is 24.5. The Kier molecular flexibility index (Phi) is 6.09. The summed E-state index contributed by atoms with van der Waals surface area (Å²) in [6, 6.07) is 20.7. The summed E-state index contributed by atoms with van der Waals surface area (Å²) >= 11 is 1.30. The number of aromatic nitrogens is 1. The average Bonchev–Trinajstić information content (AvgIpc) is 3.17.